The molecule has 0 aliphatic carbocycles. The van der Waals surface area contributed by atoms with E-state index < -0.39 is 11.5 Å². The molecule has 228 valence electrons. The SMILES string of the molecule is COc1ccc(CNC(=O)c2c(N)n(-c3c(C)ccc4[nH]ncc34)c(=O)c3cc(C)c(Nc4ncc(C)cn4)nc23)c(OC)c1. The molecule has 0 fully saturated rings. The van der Waals surface area contributed by atoms with E-state index in [1.165, 1.54) is 4.57 Å². The summed E-state index contributed by atoms with van der Waals surface area (Å²) in [7, 11) is 3.10. The molecule has 0 radical (unpaired) electrons. The summed E-state index contributed by atoms with van der Waals surface area (Å²) >= 11 is 0. The fourth-order valence-corrected chi connectivity index (χ4v) is 5.24. The molecule has 0 spiro atoms. The average Bonchev–Trinajstić information content (AvgIpc) is 3.52. The molecule has 6 aromatic rings. The van der Waals surface area contributed by atoms with Gasteiger partial charge in [0.25, 0.3) is 11.5 Å². The van der Waals surface area contributed by atoms with E-state index in [1.54, 1.807) is 64.0 Å². The molecule has 13 heteroatoms. The summed E-state index contributed by atoms with van der Waals surface area (Å²) in [5, 5.41) is 14.0. The normalized spacial score (nSPS) is 11.1. The van der Waals surface area contributed by atoms with Crippen molar-refractivity contribution < 1.29 is 14.3 Å². The number of carbonyl (C=O) groups excluding carboxylic acids is 1. The Morgan fingerprint density at radius 3 is 2.49 bits per heavy atom. The topological polar surface area (TPSA) is 175 Å². The van der Waals surface area contributed by atoms with E-state index in [1.807, 2.05) is 26.0 Å². The second-order valence-electron chi connectivity index (χ2n) is 10.6. The fraction of sp³-hybridized carbons (Fsp3) is 0.188. The number of nitrogens with one attached hydrogen (secondary N) is 3. The summed E-state index contributed by atoms with van der Waals surface area (Å²) in [6.07, 6.45) is 4.97. The number of hydrogen-bond acceptors (Lipinski definition) is 10. The summed E-state index contributed by atoms with van der Waals surface area (Å²) in [5.74, 6) is 1.24. The highest BCUT2D eigenvalue weighted by Gasteiger charge is 2.25. The number of hydrogen-bond donors (Lipinski definition) is 4. The summed E-state index contributed by atoms with van der Waals surface area (Å²) < 4.78 is 12.2. The van der Waals surface area contributed by atoms with Gasteiger partial charge in [-0.15, -0.1) is 0 Å². The molecule has 0 aliphatic rings. The number of rotatable bonds is 8. The Hall–Kier alpha value is -5.98. The maximum Gasteiger partial charge on any atom is 0.266 e. The van der Waals surface area contributed by atoms with Crippen LogP contribution in [0, 0.1) is 20.8 Å². The average molecular weight is 606 g/mol. The smallest absolute Gasteiger partial charge is 0.266 e. The Kier molecular flexibility index (Phi) is 7.50. The van der Waals surface area contributed by atoms with Gasteiger partial charge in [-0.25, -0.2) is 15.0 Å². The highest BCUT2D eigenvalue weighted by atomic mass is 16.5. The zero-order valence-corrected chi connectivity index (χ0v) is 25.3. The third-order valence-corrected chi connectivity index (χ3v) is 7.57. The number of aromatic nitrogens is 6. The van der Waals surface area contributed by atoms with Gasteiger partial charge in [-0.2, -0.15) is 5.10 Å². The van der Waals surface area contributed by atoms with Crippen molar-refractivity contribution in [2.75, 3.05) is 25.3 Å². The van der Waals surface area contributed by atoms with Gasteiger partial charge in [0.05, 0.1) is 42.5 Å². The Bertz CT molecular complexity index is 2150. The van der Waals surface area contributed by atoms with E-state index in [4.69, 9.17) is 20.2 Å². The standard InChI is InChI=1S/C32H31N9O4/c1-16-12-35-32(36-13-16)39-29-18(3)10-21-26(38-29)25(30(42)34-14-19-7-8-20(44-4)11-24(19)45-5)28(33)41(31(21)43)27-17(2)6-9-23-22(27)15-37-40-23/h6-13,15H,14,33H2,1-5H3,(H,34,42)(H,37,40)(H,35,36,38,39). The number of carbonyl (C=O) groups is 1. The first-order valence-electron chi connectivity index (χ1n) is 14.0. The summed E-state index contributed by atoms with van der Waals surface area (Å²) in [5.41, 5.74) is 10.8. The van der Waals surface area contributed by atoms with E-state index in [2.05, 4.69) is 30.8 Å². The molecule has 2 aromatic carbocycles. The fourth-order valence-electron chi connectivity index (χ4n) is 5.24. The summed E-state index contributed by atoms with van der Waals surface area (Å²) in [6.45, 7) is 5.67. The minimum atomic E-state index is -0.532. The number of aromatic amines is 1. The van der Waals surface area contributed by atoms with E-state index in [0.717, 1.165) is 11.1 Å². The Morgan fingerprint density at radius 1 is 0.978 bits per heavy atom. The second kappa shape index (κ2) is 11.6. The lowest BCUT2D eigenvalue weighted by atomic mass is 10.1. The van der Waals surface area contributed by atoms with Crippen molar-refractivity contribution in [3.63, 3.8) is 0 Å². The molecule has 1 amide bonds. The maximum absolute atomic E-state index is 14.2. The lowest BCUT2D eigenvalue weighted by Crippen LogP contribution is -2.30. The number of amides is 1. The number of nitrogens with zero attached hydrogens (tertiary/aromatic N) is 5. The van der Waals surface area contributed by atoms with Gasteiger partial charge in [-0.1, -0.05) is 6.07 Å². The molecule has 13 nitrogen and oxygen atoms in total. The molecular formula is C32H31N9O4. The molecule has 0 saturated carbocycles. The van der Waals surface area contributed by atoms with Crippen LogP contribution >= 0.6 is 0 Å². The number of methoxy groups -OCH3 is 2. The van der Waals surface area contributed by atoms with Gasteiger partial charge in [-0.05, 0) is 61.7 Å². The zero-order valence-electron chi connectivity index (χ0n) is 25.3. The molecule has 0 unspecified atom stereocenters. The van der Waals surface area contributed by atoms with Gasteiger partial charge >= 0.3 is 0 Å². The number of benzene rings is 2. The van der Waals surface area contributed by atoms with E-state index >= 15 is 0 Å². The molecule has 0 atom stereocenters. The molecule has 45 heavy (non-hydrogen) atoms. The number of nitrogen functional groups attached to an aromatic ring is 1. The zero-order chi connectivity index (χ0) is 31.8. The highest BCUT2D eigenvalue weighted by Crippen LogP contribution is 2.31. The summed E-state index contributed by atoms with van der Waals surface area (Å²) in [6, 6.07) is 10.7. The van der Waals surface area contributed by atoms with Crippen molar-refractivity contribution in [1.29, 1.82) is 0 Å². The minimum Gasteiger partial charge on any atom is -0.497 e. The van der Waals surface area contributed by atoms with Crippen molar-refractivity contribution in [3.8, 4) is 17.2 Å². The van der Waals surface area contributed by atoms with Crippen LogP contribution in [0.3, 0.4) is 0 Å². The van der Waals surface area contributed by atoms with Crippen LogP contribution in [0.15, 0.2) is 59.8 Å². The van der Waals surface area contributed by atoms with Crippen molar-refractivity contribution in [1.82, 2.24) is 35.0 Å². The Labute approximate surface area is 257 Å². The largest absolute Gasteiger partial charge is 0.497 e. The van der Waals surface area contributed by atoms with Crippen LogP contribution in [-0.2, 0) is 6.54 Å². The van der Waals surface area contributed by atoms with Gasteiger partial charge < -0.3 is 25.8 Å². The Morgan fingerprint density at radius 2 is 1.76 bits per heavy atom. The Balaban J connectivity index is 1.54. The molecule has 0 aliphatic heterocycles. The lowest BCUT2D eigenvalue weighted by molar-refractivity contribution is 0.0952. The predicted octanol–water partition coefficient (Wildman–Crippen LogP) is 4.25. The van der Waals surface area contributed by atoms with Crippen molar-refractivity contribution >= 4 is 45.3 Å². The third kappa shape index (κ3) is 5.24. The van der Waals surface area contributed by atoms with Crippen LogP contribution in [-0.4, -0.2) is 49.8 Å². The first-order valence-corrected chi connectivity index (χ1v) is 14.0. The van der Waals surface area contributed by atoms with Crippen LogP contribution in [0.4, 0.5) is 17.6 Å². The van der Waals surface area contributed by atoms with Crippen LogP contribution in [0.1, 0.15) is 32.6 Å². The monoisotopic (exact) mass is 605 g/mol. The third-order valence-electron chi connectivity index (χ3n) is 7.57. The molecular weight excluding hydrogens is 574 g/mol. The minimum absolute atomic E-state index is 0.0323. The summed E-state index contributed by atoms with van der Waals surface area (Å²) in [4.78, 5) is 41.7. The number of fused-ring (bicyclic) bond motifs is 2. The number of pyridine rings is 2. The van der Waals surface area contributed by atoms with Crippen molar-refractivity contribution in [2.24, 2.45) is 0 Å². The van der Waals surface area contributed by atoms with Crippen LogP contribution in [0.2, 0.25) is 0 Å². The number of nitrogens with two attached hydrogens (primary N) is 1. The van der Waals surface area contributed by atoms with Crippen molar-refractivity contribution in [3.05, 3.63) is 93.2 Å². The van der Waals surface area contributed by atoms with E-state index in [-0.39, 0.29) is 28.8 Å². The van der Waals surface area contributed by atoms with Crippen LogP contribution in [0.5, 0.6) is 11.5 Å². The van der Waals surface area contributed by atoms with Crippen LogP contribution < -0.4 is 31.4 Å². The first-order chi connectivity index (χ1) is 21.7. The predicted molar refractivity (Wildman–Crippen MR) is 172 cm³/mol. The van der Waals surface area contributed by atoms with Gasteiger partial charge in [0.15, 0.2) is 0 Å². The van der Waals surface area contributed by atoms with E-state index in [9.17, 15) is 9.59 Å². The van der Waals surface area contributed by atoms with Gasteiger partial charge in [0.2, 0.25) is 5.95 Å². The van der Waals surface area contributed by atoms with Gasteiger partial charge in [0, 0.05) is 36.0 Å². The molecule has 0 bridgehead atoms. The number of anilines is 3. The maximum atomic E-state index is 14.2. The number of ether oxygens (including phenoxy) is 2. The van der Waals surface area contributed by atoms with E-state index in [0.29, 0.717) is 51.0 Å². The number of H-pyrrole nitrogens is 1. The lowest BCUT2D eigenvalue weighted by Gasteiger charge is -2.19. The number of aryl methyl sites for hydroxylation is 3. The molecule has 0 saturated heterocycles. The van der Waals surface area contributed by atoms with Gasteiger partial charge in [0.1, 0.15) is 28.7 Å². The van der Waals surface area contributed by atoms with Crippen molar-refractivity contribution in [2.45, 2.75) is 27.3 Å². The highest BCUT2D eigenvalue weighted by molar-refractivity contribution is 6.10. The van der Waals surface area contributed by atoms with Gasteiger partial charge in [-0.3, -0.25) is 19.3 Å². The second-order valence-corrected chi connectivity index (χ2v) is 10.6. The molecule has 4 aromatic heterocycles. The first kappa shape index (κ1) is 29.1. The molecule has 4 heterocycles. The van der Waals surface area contributed by atoms with Crippen LogP contribution in [0.25, 0.3) is 27.5 Å². The molecule has 6 rings (SSSR count). The quantitative estimate of drug-likeness (QED) is 0.196. The molecule has 5 N–H and O–H groups in total.